The largest absolute Gasteiger partial charge is 0.478 e. The van der Waals surface area contributed by atoms with Gasteiger partial charge in [-0.1, -0.05) is 6.92 Å². The second kappa shape index (κ2) is 5.67. The van der Waals surface area contributed by atoms with Gasteiger partial charge in [-0.3, -0.25) is 0 Å². The Bertz CT molecular complexity index is 453. The molecule has 5 nitrogen and oxygen atoms in total. The number of carboxylic acid groups (broad SMARTS) is 1. The molecule has 1 atom stereocenters. The molecule has 0 amide bonds. The van der Waals surface area contributed by atoms with Crippen molar-refractivity contribution in [1.29, 1.82) is 0 Å². The average molecular weight is 315 g/mol. The highest BCUT2D eigenvalue weighted by Gasteiger charge is 2.23. The van der Waals surface area contributed by atoms with Gasteiger partial charge in [-0.2, -0.15) is 0 Å². The van der Waals surface area contributed by atoms with Crippen LogP contribution in [-0.4, -0.2) is 41.9 Å². The Kier molecular flexibility index (Phi) is 4.19. The molecular formula is C12H15BrN2O3. The Morgan fingerprint density at radius 2 is 2.44 bits per heavy atom. The molecule has 0 bridgehead atoms. The molecule has 1 N–H and O–H groups in total. The summed E-state index contributed by atoms with van der Waals surface area (Å²) < 4.78 is 5.98. The van der Waals surface area contributed by atoms with Gasteiger partial charge in [-0.25, -0.2) is 9.78 Å². The first-order valence-corrected chi connectivity index (χ1v) is 6.66. The number of halogens is 1. The number of hydrogen-bond donors (Lipinski definition) is 1. The number of hydrogen-bond acceptors (Lipinski definition) is 4. The SMILES string of the molecule is CCC1COCCN1c1cc(C(=O)O)cc(Br)n1. The van der Waals surface area contributed by atoms with E-state index in [1.54, 1.807) is 6.07 Å². The maximum atomic E-state index is 11.0. The number of morpholine rings is 1. The summed E-state index contributed by atoms with van der Waals surface area (Å²) in [7, 11) is 0. The smallest absolute Gasteiger partial charge is 0.335 e. The lowest BCUT2D eigenvalue weighted by atomic mass is 10.1. The first-order valence-electron chi connectivity index (χ1n) is 5.87. The highest BCUT2D eigenvalue weighted by atomic mass is 79.9. The molecule has 1 fully saturated rings. The van der Waals surface area contributed by atoms with Crippen molar-refractivity contribution in [1.82, 2.24) is 4.98 Å². The molecule has 2 heterocycles. The second-order valence-electron chi connectivity index (χ2n) is 4.17. The number of aromatic nitrogens is 1. The van der Waals surface area contributed by atoms with Gasteiger partial charge < -0.3 is 14.7 Å². The summed E-state index contributed by atoms with van der Waals surface area (Å²) in [5.41, 5.74) is 0.244. The van der Waals surface area contributed by atoms with Crippen molar-refractivity contribution in [3.05, 3.63) is 22.3 Å². The van der Waals surface area contributed by atoms with E-state index >= 15 is 0 Å². The number of ether oxygens (including phenoxy) is 1. The quantitative estimate of drug-likeness (QED) is 0.866. The number of aromatic carboxylic acids is 1. The highest BCUT2D eigenvalue weighted by Crippen LogP contribution is 2.23. The molecule has 1 saturated heterocycles. The number of pyridine rings is 1. The van der Waals surface area contributed by atoms with E-state index < -0.39 is 5.97 Å². The molecule has 1 aliphatic heterocycles. The van der Waals surface area contributed by atoms with Crippen LogP contribution < -0.4 is 4.90 Å². The van der Waals surface area contributed by atoms with Gasteiger partial charge in [-0.05, 0) is 34.5 Å². The van der Waals surface area contributed by atoms with Gasteiger partial charge in [-0.15, -0.1) is 0 Å². The third-order valence-corrected chi connectivity index (χ3v) is 3.43. The van der Waals surface area contributed by atoms with E-state index in [1.807, 2.05) is 0 Å². The number of anilines is 1. The first kappa shape index (κ1) is 13.3. The van der Waals surface area contributed by atoms with Crippen molar-refractivity contribution in [3.8, 4) is 0 Å². The van der Waals surface area contributed by atoms with Gasteiger partial charge in [0.15, 0.2) is 0 Å². The van der Waals surface area contributed by atoms with Crippen molar-refractivity contribution in [2.24, 2.45) is 0 Å². The zero-order chi connectivity index (χ0) is 13.1. The van der Waals surface area contributed by atoms with Crippen LogP contribution in [0.3, 0.4) is 0 Å². The Morgan fingerprint density at radius 3 is 3.11 bits per heavy atom. The van der Waals surface area contributed by atoms with E-state index in [1.165, 1.54) is 6.07 Å². The van der Waals surface area contributed by atoms with Gasteiger partial charge in [0.25, 0.3) is 0 Å². The van der Waals surface area contributed by atoms with Gasteiger partial charge in [0, 0.05) is 6.54 Å². The molecule has 18 heavy (non-hydrogen) atoms. The molecular weight excluding hydrogens is 300 g/mol. The minimum atomic E-state index is -0.944. The molecule has 2 rings (SSSR count). The van der Waals surface area contributed by atoms with Crippen molar-refractivity contribution < 1.29 is 14.6 Å². The Labute approximate surface area is 114 Å². The third kappa shape index (κ3) is 2.81. The molecule has 0 aliphatic carbocycles. The van der Waals surface area contributed by atoms with Gasteiger partial charge in [0.05, 0.1) is 24.8 Å². The fourth-order valence-corrected chi connectivity index (χ4v) is 2.48. The minimum Gasteiger partial charge on any atom is -0.478 e. The lowest BCUT2D eigenvalue weighted by Gasteiger charge is -2.36. The van der Waals surface area contributed by atoms with Gasteiger partial charge >= 0.3 is 5.97 Å². The van der Waals surface area contributed by atoms with E-state index in [0.717, 1.165) is 13.0 Å². The van der Waals surface area contributed by atoms with Crippen LogP contribution in [0.1, 0.15) is 23.7 Å². The summed E-state index contributed by atoms with van der Waals surface area (Å²) in [5.74, 6) is -0.252. The van der Waals surface area contributed by atoms with Crippen LogP contribution in [0.2, 0.25) is 0 Å². The maximum absolute atomic E-state index is 11.0. The first-order chi connectivity index (χ1) is 8.61. The van der Waals surface area contributed by atoms with Gasteiger partial charge in [0.1, 0.15) is 10.4 Å². The number of nitrogens with zero attached hydrogens (tertiary/aromatic N) is 2. The number of carbonyl (C=O) groups is 1. The number of rotatable bonds is 3. The number of carboxylic acids is 1. The van der Waals surface area contributed by atoms with Crippen LogP contribution in [0.15, 0.2) is 16.7 Å². The Hall–Kier alpha value is -1.14. The van der Waals surface area contributed by atoms with Crippen LogP contribution in [0.5, 0.6) is 0 Å². The molecule has 1 aliphatic rings. The summed E-state index contributed by atoms with van der Waals surface area (Å²) in [6.07, 6.45) is 0.941. The highest BCUT2D eigenvalue weighted by molar-refractivity contribution is 9.10. The molecule has 98 valence electrons. The molecule has 0 radical (unpaired) electrons. The van der Waals surface area contributed by atoms with Crippen molar-refractivity contribution in [2.45, 2.75) is 19.4 Å². The van der Waals surface area contributed by atoms with Crippen molar-refractivity contribution in [2.75, 3.05) is 24.7 Å². The predicted octanol–water partition coefficient (Wildman–Crippen LogP) is 2.16. The Morgan fingerprint density at radius 1 is 1.67 bits per heavy atom. The monoisotopic (exact) mass is 314 g/mol. The summed E-state index contributed by atoms with van der Waals surface area (Å²) in [6, 6.07) is 3.37. The zero-order valence-electron chi connectivity index (χ0n) is 10.1. The van der Waals surface area contributed by atoms with Crippen LogP contribution >= 0.6 is 15.9 Å². The van der Waals surface area contributed by atoms with Crippen molar-refractivity contribution in [3.63, 3.8) is 0 Å². The summed E-state index contributed by atoms with van der Waals surface area (Å²) in [4.78, 5) is 17.5. The van der Waals surface area contributed by atoms with E-state index in [2.05, 4.69) is 32.7 Å². The lowest BCUT2D eigenvalue weighted by Crippen LogP contribution is -2.45. The summed E-state index contributed by atoms with van der Waals surface area (Å²) in [6.45, 7) is 4.13. The molecule has 1 unspecified atom stereocenters. The molecule has 1 aromatic rings. The zero-order valence-corrected chi connectivity index (χ0v) is 11.7. The predicted molar refractivity (Wildman–Crippen MR) is 71.1 cm³/mol. The minimum absolute atomic E-state index is 0.244. The van der Waals surface area contributed by atoms with Crippen molar-refractivity contribution >= 4 is 27.7 Å². The fourth-order valence-electron chi connectivity index (χ4n) is 2.05. The van der Waals surface area contributed by atoms with E-state index in [9.17, 15) is 4.79 Å². The molecule has 0 spiro atoms. The van der Waals surface area contributed by atoms with Crippen LogP contribution in [0, 0.1) is 0 Å². The van der Waals surface area contributed by atoms with Crippen LogP contribution in [0.25, 0.3) is 0 Å². The third-order valence-electron chi connectivity index (χ3n) is 3.02. The van der Waals surface area contributed by atoms with E-state index in [-0.39, 0.29) is 11.6 Å². The van der Waals surface area contributed by atoms with E-state index in [0.29, 0.717) is 23.6 Å². The normalized spacial score (nSPS) is 19.9. The van der Waals surface area contributed by atoms with Crippen LogP contribution in [-0.2, 0) is 4.74 Å². The van der Waals surface area contributed by atoms with E-state index in [4.69, 9.17) is 9.84 Å². The summed E-state index contributed by atoms with van der Waals surface area (Å²) in [5, 5.41) is 9.06. The fraction of sp³-hybridized carbons (Fsp3) is 0.500. The Balaban J connectivity index is 2.33. The van der Waals surface area contributed by atoms with Crippen LogP contribution in [0.4, 0.5) is 5.82 Å². The second-order valence-corrected chi connectivity index (χ2v) is 4.98. The molecule has 0 saturated carbocycles. The lowest BCUT2D eigenvalue weighted by molar-refractivity contribution is 0.0696. The van der Waals surface area contributed by atoms with Gasteiger partial charge in [0.2, 0.25) is 0 Å². The molecule has 1 aromatic heterocycles. The molecule has 6 heteroatoms. The standard InChI is InChI=1S/C12H15BrN2O3/c1-2-9-7-18-4-3-15(9)11-6-8(12(16)17)5-10(13)14-11/h5-6,9H,2-4,7H2,1H3,(H,16,17). The topological polar surface area (TPSA) is 62.7 Å². The molecule has 0 aromatic carbocycles. The average Bonchev–Trinajstić information content (AvgIpc) is 2.38. The summed E-state index contributed by atoms with van der Waals surface area (Å²) >= 11 is 3.26. The maximum Gasteiger partial charge on any atom is 0.335 e.